The van der Waals surface area contributed by atoms with Gasteiger partial charge < -0.3 is 5.11 Å². The number of carboxylic acid groups (broad SMARTS) is 1. The van der Waals surface area contributed by atoms with Crippen molar-refractivity contribution in [2.24, 2.45) is 11.0 Å². The Morgan fingerprint density at radius 2 is 2.42 bits per heavy atom. The molecular formula is C7H12N2O2S. The predicted molar refractivity (Wildman–Crippen MR) is 49.0 cm³/mol. The van der Waals surface area contributed by atoms with Gasteiger partial charge in [0.1, 0.15) is 6.04 Å². The van der Waals surface area contributed by atoms with Crippen LogP contribution in [0.1, 0.15) is 20.3 Å². The normalized spacial score (nSPS) is 14.2. The molecule has 0 aliphatic heterocycles. The SMILES string of the molecule is CC[C@H](C)[C@H](NN=C=S)C(=O)O. The lowest BCUT2D eigenvalue weighted by molar-refractivity contribution is -0.140. The van der Waals surface area contributed by atoms with Gasteiger partial charge in [0, 0.05) is 0 Å². The Morgan fingerprint density at radius 3 is 2.75 bits per heavy atom. The zero-order chi connectivity index (χ0) is 9.56. The van der Waals surface area contributed by atoms with Crippen LogP contribution in [-0.2, 0) is 4.79 Å². The Hall–Kier alpha value is -0.930. The number of carboxylic acids is 1. The number of thiocarbonyl (C=S) groups is 1. The number of hydrogen-bond donors (Lipinski definition) is 2. The van der Waals surface area contributed by atoms with Gasteiger partial charge in [-0.1, -0.05) is 20.3 Å². The van der Waals surface area contributed by atoms with Crippen molar-refractivity contribution in [1.29, 1.82) is 0 Å². The summed E-state index contributed by atoms with van der Waals surface area (Å²) in [5.41, 5.74) is 2.43. The molecule has 0 heterocycles. The van der Waals surface area contributed by atoms with Gasteiger partial charge in [-0.15, -0.1) is 5.10 Å². The largest absolute Gasteiger partial charge is 0.480 e. The summed E-state index contributed by atoms with van der Waals surface area (Å²) in [6, 6.07) is -0.676. The van der Waals surface area contributed by atoms with E-state index in [1.807, 2.05) is 13.8 Å². The molecule has 2 atom stereocenters. The number of carbonyl (C=O) groups is 1. The molecule has 0 bridgehead atoms. The highest BCUT2D eigenvalue weighted by molar-refractivity contribution is 7.78. The molecule has 2 N–H and O–H groups in total. The van der Waals surface area contributed by atoms with E-state index in [0.29, 0.717) is 0 Å². The second-order valence-corrected chi connectivity index (χ2v) is 2.72. The Balaban J connectivity index is 4.21. The summed E-state index contributed by atoms with van der Waals surface area (Å²) in [6.45, 7) is 3.76. The third-order valence-electron chi connectivity index (χ3n) is 1.73. The summed E-state index contributed by atoms with van der Waals surface area (Å²) in [4.78, 5) is 10.6. The molecule has 0 radical (unpaired) electrons. The highest BCUT2D eigenvalue weighted by Crippen LogP contribution is 2.07. The van der Waals surface area contributed by atoms with Crippen molar-refractivity contribution in [3.63, 3.8) is 0 Å². The van der Waals surface area contributed by atoms with Gasteiger partial charge in [0.25, 0.3) is 0 Å². The molecule has 68 valence electrons. The third-order valence-corrected chi connectivity index (χ3v) is 1.82. The smallest absolute Gasteiger partial charge is 0.328 e. The monoisotopic (exact) mass is 188 g/mol. The number of nitrogens with one attached hydrogen (secondary N) is 1. The maximum absolute atomic E-state index is 10.6. The second-order valence-electron chi connectivity index (χ2n) is 2.53. The van der Waals surface area contributed by atoms with E-state index in [1.54, 1.807) is 0 Å². The quantitative estimate of drug-likeness (QED) is 0.385. The van der Waals surface area contributed by atoms with E-state index in [1.165, 1.54) is 0 Å². The summed E-state index contributed by atoms with van der Waals surface area (Å²) in [6.07, 6.45) is 0.775. The molecule has 0 saturated heterocycles. The van der Waals surface area contributed by atoms with Crippen LogP contribution >= 0.6 is 12.2 Å². The van der Waals surface area contributed by atoms with Crippen molar-refractivity contribution in [3.05, 3.63) is 0 Å². The van der Waals surface area contributed by atoms with E-state index in [4.69, 9.17) is 5.11 Å². The van der Waals surface area contributed by atoms with Crippen molar-refractivity contribution < 1.29 is 9.90 Å². The van der Waals surface area contributed by atoms with Crippen LogP contribution in [0.5, 0.6) is 0 Å². The highest BCUT2D eigenvalue weighted by atomic mass is 32.1. The lowest BCUT2D eigenvalue weighted by Gasteiger charge is -2.16. The van der Waals surface area contributed by atoms with E-state index < -0.39 is 12.0 Å². The Kier molecular flexibility index (Phi) is 5.25. The molecule has 0 unspecified atom stereocenters. The molecule has 0 spiro atoms. The van der Waals surface area contributed by atoms with Crippen LogP contribution in [0, 0.1) is 5.92 Å². The van der Waals surface area contributed by atoms with E-state index in [-0.39, 0.29) is 5.92 Å². The van der Waals surface area contributed by atoms with E-state index in [2.05, 4.69) is 27.9 Å². The molecule has 4 nitrogen and oxygen atoms in total. The molecule has 5 heteroatoms. The molecule has 12 heavy (non-hydrogen) atoms. The maximum atomic E-state index is 10.6. The summed E-state index contributed by atoms with van der Waals surface area (Å²) in [7, 11) is 0. The first kappa shape index (κ1) is 11.1. The van der Waals surface area contributed by atoms with Crippen LogP contribution in [0.2, 0.25) is 0 Å². The first-order valence-electron chi connectivity index (χ1n) is 3.68. The minimum atomic E-state index is -0.918. The van der Waals surface area contributed by atoms with E-state index >= 15 is 0 Å². The Morgan fingerprint density at radius 1 is 1.83 bits per heavy atom. The first-order chi connectivity index (χ1) is 5.63. The number of rotatable bonds is 5. The van der Waals surface area contributed by atoms with Crippen molar-refractivity contribution in [3.8, 4) is 0 Å². The minimum Gasteiger partial charge on any atom is -0.480 e. The topological polar surface area (TPSA) is 61.7 Å². The highest BCUT2D eigenvalue weighted by Gasteiger charge is 2.22. The second kappa shape index (κ2) is 5.69. The van der Waals surface area contributed by atoms with Gasteiger partial charge in [-0.2, -0.15) is 0 Å². The van der Waals surface area contributed by atoms with Crippen molar-refractivity contribution >= 4 is 23.3 Å². The van der Waals surface area contributed by atoms with Crippen LogP contribution in [0.3, 0.4) is 0 Å². The molecule has 0 aromatic rings. The van der Waals surface area contributed by atoms with Gasteiger partial charge >= 0.3 is 5.97 Å². The molecular weight excluding hydrogens is 176 g/mol. The molecule has 0 amide bonds. The maximum Gasteiger partial charge on any atom is 0.328 e. The van der Waals surface area contributed by atoms with Crippen LogP contribution < -0.4 is 5.43 Å². The zero-order valence-corrected chi connectivity index (χ0v) is 7.89. The average Bonchev–Trinajstić information content (AvgIpc) is 2.04. The molecule has 0 rings (SSSR count). The standard InChI is InChI=1S/C7H12N2O2S/c1-3-5(2)6(7(10)11)9-8-4-12/h5-6,9H,3H2,1-2H3,(H,10,11)/t5-,6-/m0/s1. The van der Waals surface area contributed by atoms with Gasteiger partial charge in [0.05, 0.1) is 5.16 Å². The van der Waals surface area contributed by atoms with Crippen LogP contribution in [-0.4, -0.2) is 22.3 Å². The van der Waals surface area contributed by atoms with Crippen molar-refractivity contribution in [2.45, 2.75) is 26.3 Å². The van der Waals surface area contributed by atoms with Crippen LogP contribution in [0.15, 0.2) is 5.10 Å². The summed E-state index contributed by atoms with van der Waals surface area (Å²) >= 11 is 4.31. The molecule has 0 fully saturated rings. The van der Waals surface area contributed by atoms with Crippen molar-refractivity contribution in [1.82, 2.24) is 5.43 Å². The van der Waals surface area contributed by atoms with E-state index in [9.17, 15) is 4.79 Å². The lowest BCUT2D eigenvalue weighted by atomic mass is 10.0. The van der Waals surface area contributed by atoms with Gasteiger partial charge in [0.15, 0.2) is 0 Å². The molecule has 0 aromatic heterocycles. The van der Waals surface area contributed by atoms with Gasteiger partial charge in [0.2, 0.25) is 0 Å². The molecule has 0 aliphatic carbocycles. The number of nitrogens with zero attached hydrogens (tertiary/aromatic N) is 1. The summed E-state index contributed by atoms with van der Waals surface area (Å²) in [5.74, 6) is -0.895. The van der Waals surface area contributed by atoms with Crippen LogP contribution in [0.25, 0.3) is 0 Å². The Bertz CT molecular complexity index is 202. The number of hydrazone groups is 1. The van der Waals surface area contributed by atoms with Crippen molar-refractivity contribution in [2.75, 3.05) is 0 Å². The molecule has 0 saturated carbocycles. The van der Waals surface area contributed by atoms with Gasteiger partial charge in [-0.25, -0.2) is 4.79 Å². The fourth-order valence-corrected chi connectivity index (χ4v) is 0.810. The minimum absolute atomic E-state index is 0.0228. The summed E-state index contributed by atoms with van der Waals surface area (Å²) in [5, 5.41) is 14.2. The fraction of sp³-hybridized carbons (Fsp3) is 0.714. The number of hydrogen-bond acceptors (Lipinski definition) is 4. The first-order valence-corrected chi connectivity index (χ1v) is 4.09. The van der Waals surface area contributed by atoms with Crippen LogP contribution in [0.4, 0.5) is 0 Å². The number of aliphatic carboxylic acids is 1. The Labute approximate surface area is 76.7 Å². The lowest BCUT2D eigenvalue weighted by Crippen LogP contribution is -2.38. The zero-order valence-electron chi connectivity index (χ0n) is 7.07. The van der Waals surface area contributed by atoms with Gasteiger partial charge in [-0.05, 0) is 18.1 Å². The predicted octanol–water partition coefficient (Wildman–Crippen LogP) is 1.09. The van der Waals surface area contributed by atoms with E-state index in [0.717, 1.165) is 6.42 Å². The third kappa shape index (κ3) is 3.46. The average molecular weight is 188 g/mol. The molecule has 0 aromatic carbocycles. The number of isothiocyanates is 1. The summed E-state index contributed by atoms with van der Waals surface area (Å²) < 4.78 is 0. The molecule has 0 aliphatic rings. The van der Waals surface area contributed by atoms with Gasteiger partial charge in [-0.3, -0.25) is 5.43 Å². The fourth-order valence-electron chi connectivity index (χ4n) is 0.757.